The van der Waals surface area contributed by atoms with Crippen molar-refractivity contribution in [3.63, 3.8) is 0 Å². The number of hydrogen-bond donors (Lipinski definition) is 0. The first-order chi connectivity index (χ1) is 6.26. The van der Waals surface area contributed by atoms with Crippen LogP contribution in [0, 0.1) is 0 Å². The molecule has 0 bridgehead atoms. The predicted octanol–water partition coefficient (Wildman–Crippen LogP) is 4.51. The van der Waals surface area contributed by atoms with Crippen molar-refractivity contribution >= 4 is 17.1 Å². The molecule has 0 amide bonds. The molecule has 0 aliphatic heterocycles. The van der Waals surface area contributed by atoms with E-state index in [9.17, 15) is 0 Å². The van der Waals surface area contributed by atoms with Gasteiger partial charge in [0.25, 0.3) is 0 Å². The molecule has 3 heteroatoms. The van der Waals surface area contributed by atoms with Gasteiger partial charge in [0, 0.05) is 0 Å². The topological polar surface area (TPSA) is 0 Å². The standard InChI is InChI=1S/C6H15P.C4H10S.Au/c1-4-7(5-2)6-3;1-2-3-4-5;/h4-6H2,1-3H3;5H,2-4H2,1H3;/q;;+1/p-1. The Labute approximate surface area is 101 Å². The summed E-state index contributed by atoms with van der Waals surface area (Å²) in [5, 5.41) is 0. The fourth-order valence-corrected chi connectivity index (χ4v) is 3.51. The van der Waals surface area contributed by atoms with Gasteiger partial charge in [-0.1, -0.05) is 20.8 Å². The summed E-state index contributed by atoms with van der Waals surface area (Å²) in [6.45, 7) is 9.08. The summed E-state index contributed by atoms with van der Waals surface area (Å²) in [4.78, 5) is 0. The van der Waals surface area contributed by atoms with Crippen molar-refractivity contribution in [3.05, 3.63) is 0 Å². The summed E-state index contributed by atoms with van der Waals surface area (Å²) < 4.78 is 0. The van der Waals surface area contributed by atoms with Crippen molar-refractivity contribution in [1.82, 2.24) is 0 Å². The van der Waals surface area contributed by atoms with Crippen LogP contribution in [-0.4, -0.2) is 24.2 Å². The average Bonchev–Trinajstić information content (AvgIpc) is 2.18. The Balaban J connectivity index is 0. The van der Waals surface area contributed by atoms with Gasteiger partial charge < -0.3 is 0 Å². The van der Waals surface area contributed by atoms with E-state index in [1.807, 2.05) is 9.23 Å². The Hall–Kier alpha value is 1.52. The number of rotatable bonds is 6. The van der Waals surface area contributed by atoms with E-state index in [1.54, 1.807) is 0 Å². The summed E-state index contributed by atoms with van der Waals surface area (Å²) in [6.07, 6.45) is 6.94. The zero-order valence-corrected chi connectivity index (χ0v) is 13.3. The van der Waals surface area contributed by atoms with Crippen LogP contribution >= 0.6 is 17.1 Å². The van der Waals surface area contributed by atoms with E-state index in [0.29, 0.717) is 7.92 Å². The molecule has 13 heavy (non-hydrogen) atoms. The second-order valence-electron chi connectivity index (χ2n) is 2.76. The molecule has 86 valence electrons. The van der Waals surface area contributed by atoms with E-state index < -0.39 is 0 Å². The normalized spacial score (nSPS) is 9.77. The van der Waals surface area contributed by atoms with E-state index in [2.05, 4.69) is 47.4 Å². The van der Waals surface area contributed by atoms with Gasteiger partial charge in [0.05, 0.1) is 0 Å². The molecule has 0 saturated heterocycles. The summed E-state index contributed by atoms with van der Waals surface area (Å²) in [6, 6.07) is 0. The minimum atomic E-state index is 0.446. The Morgan fingerprint density at radius 3 is 1.54 bits per heavy atom. The van der Waals surface area contributed by atoms with E-state index in [4.69, 9.17) is 0 Å². The molecule has 0 unspecified atom stereocenters. The predicted molar refractivity (Wildman–Crippen MR) is 65.9 cm³/mol. The van der Waals surface area contributed by atoms with Gasteiger partial charge in [0.2, 0.25) is 0 Å². The van der Waals surface area contributed by atoms with Crippen molar-refractivity contribution in [2.45, 2.75) is 40.5 Å². The van der Waals surface area contributed by atoms with E-state index in [0.717, 1.165) is 0 Å². The summed E-state index contributed by atoms with van der Waals surface area (Å²) in [5.74, 6) is 1.31. The minimum Gasteiger partial charge on any atom is -0.108 e. The molecule has 0 aliphatic carbocycles. The van der Waals surface area contributed by atoms with Crippen LogP contribution in [0.4, 0.5) is 0 Å². The van der Waals surface area contributed by atoms with Crippen LogP contribution in [0.5, 0.6) is 0 Å². The van der Waals surface area contributed by atoms with E-state index in [1.165, 1.54) is 37.1 Å². The molecule has 0 radical (unpaired) electrons. The second-order valence-corrected chi connectivity index (χ2v) is 8.46. The molecule has 0 rings (SSSR count). The largest absolute Gasteiger partial charge is 0.108 e. The van der Waals surface area contributed by atoms with Gasteiger partial charge >= 0.3 is 54.5 Å². The first kappa shape index (κ1) is 16.9. The van der Waals surface area contributed by atoms with Crippen molar-refractivity contribution in [1.29, 1.82) is 0 Å². The van der Waals surface area contributed by atoms with Crippen LogP contribution in [0.1, 0.15) is 40.5 Å². The quantitative estimate of drug-likeness (QED) is 0.357. The first-order valence-corrected chi connectivity index (χ1v) is 10.6. The molecule has 0 nitrogen and oxygen atoms in total. The molecule has 0 aromatic rings. The Morgan fingerprint density at radius 2 is 1.46 bits per heavy atom. The van der Waals surface area contributed by atoms with Gasteiger partial charge in [-0.2, -0.15) is 0 Å². The van der Waals surface area contributed by atoms with Gasteiger partial charge in [-0.15, -0.1) is 7.92 Å². The maximum atomic E-state index is 2.48. The SMILES string of the molecule is CCCC[S][Au].CCP(CC)CC. The fourth-order valence-electron chi connectivity index (χ4n) is 0.859. The Morgan fingerprint density at radius 1 is 1.00 bits per heavy atom. The molecule has 0 atom stereocenters. The molecule has 0 fully saturated rings. The van der Waals surface area contributed by atoms with Gasteiger partial charge in [-0.05, 0) is 18.5 Å². The molecular weight excluding hydrogens is 380 g/mol. The third-order valence-electron chi connectivity index (χ3n) is 1.90. The molecule has 0 aromatic carbocycles. The smallest absolute Gasteiger partial charge is 0.0355 e. The maximum absolute atomic E-state index is 2.48. The van der Waals surface area contributed by atoms with E-state index in [-0.39, 0.29) is 0 Å². The van der Waals surface area contributed by atoms with Crippen molar-refractivity contribution in [2.24, 2.45) is 0 Å². The summed E-state index contributed by atoms with van der Waals surface area (Å²) in [7, 11) is 2.32. The van der Waals surface area contributed by atoms with Gasteiger partial charge in [0.1, 0.15) is 0 Å². The molecule has 0 spiro atoms. The Bertz CT molecular complexity index is 67.8. The monoisotopic (exact) mass is 404 g/mol. The maximum Gasteiger partial charge on any atom is -0.0355 e. The number of hydrogen-bond acceptors (Lipinski definition) is 1. The summed E-state index contributed by atoms with van der Waals surface area (Å²) in [5.41, 5.74) is 0. The van der Waals surface area contributed by atoms with Crippen LogP contribution in [0.25, 0.3) is 0 Å². The first-order valence-electron chi connectivity index (χ1n) is 5.19. The van der Waals surface area contributed by atoms with E-state index >= 15 is 0 Å². The second kappa shape index (κ2) is 16.0. The van der Waals surface area contributed by atoms with Crippen LogP contribution in [0.2, 0.25) is 0 Å². The molecule has 0 N–H and O–H groups in total. The molecule has 0 aliphatic rings. The number of unbranched alkanes of at least 4 members (excludes halogenated alkanes) is 1. The van der Waals surface area contributed by atoms with Crippen LogP contribution < -0.4 is 0 Å². The third-order valence-corrected chi connectivity index (χ3v) is 6.32. The zero-order chi connectivity index (χ0) is 10.5. The third kappa shape index (κ3) is 16.2. The zero-order valence-electron chi connectivity index (χ0n) is 9.40. The molecule has 0 saturated carbocycles. The van der Waals surface area contributed by atoms with Crippen LogP contribution in [0.15, 0.2) is 0 Å². The average molecular weight is 404 g/mol. The fraction of sp³-hybridized carbons (Fsp3) is 1.00. The van der Waals surface area contributed by atoms with Crippen molar-refractivity contribution < 1.29 is 19.7 Å². The Kier molecular flexibility index (Phi) is 20.8. The van der Waals surface area contributed by atoms with Gasteiger partial charge in [-0.3, -0.25) is 0 Å². The summed E-state index contributed by atoms with van der Waals surface area (Å²) >= 11 is 2.48. The van der Waals surface area contributed by atoms with Gasteiger partial charge in [0.15, 0.2) is 0 Å². The van der Waals surface area contributed by atoms with Gasteiger partial charge in [-0.25, -0.2) is 0 Å². The van der Waals surface area contributed by atoms with Crippen molar-refractivity contribution in [2.75, 3.05) is 24.2 Å². The molecular formula is C10H24AuPS. The minimum absolute atomic E-state index is 0.446. The van der Waals surface area contributed by atoms with Crippen molar-refractivity contribution in [3.8, 4) is 0 Å². The van der Waals surface area contributed by atoms with Crippen LogP contribution in [-0.2, 0) is 19.7 Å². The molecule has 0 aromatic heterocycles. The molecule has 0 heterocycles. The van der Waals surface area contributed by atoms with Crippen LogP contribution in [0.3, 0.4) is 0 Å².